The van der Waals surface area contributed by atoms with Gasteiger partial charge in [0.25, 0.3) is 0 Å². The number of rotatable bonds is 7. The third-order valence-corrected chi connectivity index (χ3v) is 6.12. The van der Waals surface area contributed by atoms with Crippen LogP contribution in [0.2, 0.25) is 0 Å². The summed E-state index contributed by atoms with van der Waals surface area (Å²) in [6, 6.07) is 15.6. The molecular formula is C21H21N5O2S2. The van der Waals surface area contributed by atoms with Crippen LogP contribution in [0.25, 0.3) is 21.6 Å². The predicted molar refractivity (Wildman–Crippen MR) is 120 cm³/mol. The Bertz CT molecular complexity index is 1190. The van der Waals surface area contributed by atoms with Crippen molar-refractivity contribution in [3.8, 4) is 17.1 Å². The molecule has 0 aliphatic carbocycles. The molecule has 4 rings (SSSR count). The largest absolute Gasteiger partial charge is 0.497 e. The number of amides is 1. The minimum absolute atomic E-state index is 0.0260. The van der Waals surface area contributed by atoms with Crippen molar-refractivity contribution >= 4 is 39.7 Å². The van der Waals surface area contributed by atoms with E-state index in [2.05, 4.69) is 15.2 Å². The normalized spacial score (nSPS) is 11.0. The van der Waals surface area contributed by atoms with E-state index in [0.29, 0.717) is 30.1 Å². The molecular weight excluding hydrogens is 418 g/mol. The van der Waals surface area contributed by atoms with Crippen LogP contribution < -0.4 is 4.74 Å². The first-order valence-electron chi connectivity index (χ1n) is 9.43. The number of thiazole rings is 1. The van der Waals surface area contributed by atoms with Crippen LogP contribution in [0.5, 0.6) is 5.75 Å². The summed E-state index contributed by atoms with van der Waals surface area (Å²) in [7, 11) is 3.43. The van der Waals surface area contributed by atoms with E-state index in [1.807, 2.05) is 53.1 Å². The molecule has 7 nitrogen and oxygen atoms in total. The zero-order valence-corrected chi connectivity index (χ0v) is 18.3. The van der Waals surface area contributed by atoms with Crippen LogP contribution in [0.1, 0.15) is 11.4 Å². The van der Waals surface area contributed by atoms with E-state index < -0.39 is 0 Å². The Balaban J connectivity index is 1.43. The fourth-order valence-corrected chi connectivity index (χ4v) is 4.41. The molecule has 0 spiro atoms. The van der Waals surface area contributed by atoms with Gasteiger partial charge in [0.2, 0.25) is 5.91 Å². The van der Waals surface area contributed by atoms with Crippen molar-refractivity contribution in [1.82, 2.24) is 24.6 Å². The van der Waals surface area contributed by atoms with Crippen molar-refractivity contribution in [3.05, 3.63) is 58.3 Å². The van der Waals surface area contributed by atoms with E-state index in [1.165, 1.54) is 0 Å². The quantitative estimate of drug-likeness (QED) is 0.435. The SMILES string of the molecule is COc1ccc(-c2n[nH]c(=S)n2CCC(=O)N(C)Cc2nc3ccccc3s2)cc1. The van der Waals surface area contributed by atoms with Gasteiger partial charge < -0.3 is 9.64 Å². The van der Waals surface area contributed by atoms with E-state index in [1.54, 1.807) is 30.4 Å². The number of benzene rings is 2. The van der Waals surface area contributed by atoms with E-state index in [4.69, 9.17) is 17.0 Å². The van der Waals surface area contributed by atoms with Crippen molar-refractivity contribution in [3.63, 3.8) is 0 Å². The number of aromatic amines is 1. The van der Waals surface area contributed by atoms with Gasteiger partial charge in [-0.3, -0.25) is 14.5 Å². The lowest BCUT2D eigenvalue weighted by Gasteiger charge is -2.16. The number of para-hydroxylation sites is 1. The summed E-state index contributed by atoms with van der Waals surface area (Å²) >= 11 is 6.98. The Labute approximate surface area is 182 Å². The number of nitrogens with one attached hydrogen (secondary N) is 1. The van der Waals surface area contributed by atoms with Crippen LogP contribution in [0.15, 0.2) is 48.5 Å². The summed E-state index contributed by atoms with van der Waals surface area (Å²) in [4.78, 5) is 19.0. The van der Waals surface area contributed by atoms with E-state index in [0.717, 1.165) is 26.5 Å². The van der Waals surface area contributed by atoms with Gasteiger partial charge in [-0.05, 0) is 48.6 Å². The Morgan fingerprint density at radius 1 is 1.23 bits per heavy atom. The van der Waals surface area contributed by atoms with Gasteiger partial charge in [0.1, 0.15) is 10.8 Å². The van der Waals surface area contributed by atoms with Crippen molar-refractivity contribution in [2.24, 2.45) is 0 Å². The fourth-order valence-electron chi connectivity index (χ4n) is 3.16. The number of nitrogens with zero attached hydrogens (tertiary/aromatic N) is 4. The maximum Gasteiger partial charge on any atom is 0.224 e. The highest BCUT2D eigenvalue weighted by Crippen LogP contribution is 2.23. The summed E-state index contributed by atoms with van der Waals surface area (Å²) in [6.07, 6.45) is 0.318. The molecule has 2 aromatic heterocycles. The van der Waals surface area contributed by atoms with Gasteiger partial charge in [-0.2, -0.15) is 5.10 Å². The van der Waals surface area contributed by atoms with Gasteiger partial charge in [-0.15, -0.1) is 11.3 Å². The van der Waals surface area contributed by atoms with Gasteiger partial charge in [0.15, 0.2) is 10.6 Å². The number of aromatic nitrogens is 4. The number of methoxy groups -OCH3 is 1. The molecule has 0 aliphatic heterocycles. The minimum atomic E-state index is 0.0260. The molecule has 0 bridgehead atoms. The lowest BCUT2D eigenvalue weighted by atomic mass is 10.2. The summed E-state index contributed by atoms with van der Waals surface area (Å²) in [5.74, 6) is 1.49. The first kappa shape index (κ1) is 20.2. The number of hydrogen-bond acceptors (Lipinski definition) is 6. The van der Waals surface area contributed by atoms with Gasteiger partial charge in [0.05, 0.1) is 23.9 Å². The Morgan fingerprint density at radius 2 is 2.00 bits per heavy atom. The standard InChI is InChI=1S/C21H21N5O2S2/c1-25(13-18-22-16-5-3-4-6-17(16)30-18)19(27)11-12-26-20(23-24-21(26)29)14-7-9-15(28-2)10-8-14/h3-10H,11-13H2,1-2H3,(H,24,29). The molecule has 1 N–H and O–H groups in total. The average Bonchev–Trinajstić information content (AvgIpc) is 3.34. The molecule has 9 heteroatoms. The van der Waals surface area contributed by atoms with E-state index >= 15 is 0 Å². The number of carbonyl (C=O) groups excluding carboxylic acids is 1. The van der Waals surface area contributed by atoms with Gasteiger partial charge >= 0.3 is 0 Å². The molecule has 4 aromatic rings. The molecule has 154 valence electrons. The van der Waals surface area contributed by atoms with Crippen LogP contribution in [0.3, 0.4) is 0 Å². The predicted octanol–water partition coefficient (Wildman–Crippen LogP) is 4.27. The average molecular weight is 440 g/mol. The zero-order valence-electron chi connectivity index (χ0n) is 16.7. The lowest BCUT2D eigenvalue weighted by Crippen LogP contribution is -2.27. The number of H-pyrrole nitrogens is 1. The van der Waals surface area contributed by atoms with Crippen LogP contribution in [-0.2, 0) is 17.9 Å². The van der Waals surface area contributed by atoms with Crippen LogP contribution in [0.4, 0.5) is 0 Å². The van der Waals surface area contributed by atoms with E-state index in [-0.39, 0.29) is 5.91 Å². The second kappa shape index (κ2) is 8.76. The highest BCUT2D eigenvalue weighted by Gasteiger charge is 2.15. The molecule has 0 aliphatic rings. The van der Waals surface area contributed by atoms with Gasteiger partial charge in [-0.25, -0.2) is 4.98 Å². The van der Waals surface area contributed by atoms with Crippen LogP contribution in [0, 0.1) is 4.77 Å². The first-order valence-corrected chi connectivity index (χ1v) is 10.7. The molecule has 2 heterocycles. The van der Waals surface area contributed by atoms with Crippen molar-refractivity contribution in [2.75, 3.05) is 14.2 Å². The highest BCUT2D eigenvalue weighted by atomic mass is 32.1. The summed E-state index contributed by atoms with van der Waals surface area (Å²) in [6.45, 7) is 0.931. The lowest BCUT2D eigenvalue weighted by molar-refractivity contribution is -0.130. The number of carbonyl (C=O) groups is 1. The minimum Gasteiger partial charge on any atom is -0.497 e. The number of fused-ring (bicyclic) bond motifs is 1. The molecule has 0 atom stereocenters. The smallest absolute Gasteiger partial charge is 0.224 e. The molecule has 30 heavy (non-hydrogen) atoms. The maximum absolute atomic E-state index is 12.7. The summed E-state index contributed by atoms with van der Waals surface area (Å²) in [5.41, 5.74) is 1.87. The molecule has 0 fully saturated rings. The van der Waals surface area contributed by atoms with Crippen LogP contribution in [-0.4, -0.2) is 44.7 Å². The van der Waals surface area contributed by atoms with Crippen molar-refractivity contribution in [1.29, 1.82) is 0 Å². The molecule has 2 aromatic carbocycles. The van der Waals surface area contributed by atoms with E-state index in [9.17, 15) is 4.79 Å². The Hall–Kier alpha value is -3.04. The highest BCUT2D eigenvalue weighted by molar-refractivity contribution is 7.71. The fraction of sp³-hybridized carbons (Fsp3) is 0.238. The number of ether oxygens (including phenoxy) is 1. The first-order chi connectivity index (χ1) is 14.5. The second-order valence-corrected chi connectivity index (χ2v) is 8.31. The second-order valence-electron chi connectivity index (χ2n) is 6.81. The molecule has 0 radical (unpaired) electrons. The van der Waals surface area contributed by atoms with Gasteiger partial charge in [-0.1, -0.05) is 12.1 Å². The van der Waals surface area contributed by atoms with Gasteiger partial charge in [0, 0.05) is 25.6 Å². The summed E-state index contributed by atoms with van der Waals surface area (Å²) < 4.78 is 8.67. The molecule has 0 saturated carbocycles. The maximum atomic E-state index is 12.7. The Morgan fingerprint density at radius 3 is 2.73 bits per heavy atom. The molecule has 0 unspecified atom stereocenters. The number of hydrogen-bond donors (Lipinski definition) is 1. The third-order valence-electron chi connectivity index (χ3n) is 4.79. The Kier molecular flexibility index (Phi) is 5.91. The van der Waals surface area contributed by atoms with Crippen molar-refractivity contribution in [2.45, 2.75) is 19.5 Å². The summed E-state index contributed by atoms with van der Waals surface area (Å²) in [5, 5.41) is 8.07. The van der Waals surface area contributed by atoms with Crippen LogP contribution >= 0.6 is 23.6 Å². The topological polar surface area (TPSA) is 76.0 Å². The monoisotopic (exact) mass is 439 g/mol. The molecule has 0 saturated heterocycles. The zero-order chi connectivity index (χ0) is 21.1. The van der Waals surface area contributed by atoms with Crippen molar-refractivity contribution < 1.29 is 9.53 Å². The molecule has 1 amide bonds. The third kappa shape index (κ3) is 4.27.